The highest BCUT2D eigenvalue weighted by molar-refractivity contribution is 5.78. The van der Waals surface area contributed by atoms with Crippen molar-refractivity contribution in [2.75, 3.05) is 13.2 Å². The molecule has 0 bridgehead atoms. The van der Waals surface area contributed by atoms with E-state index in [1.165, 1.54) is 0 Å². The second-order valence-electron chi connectivity index (χ2n) is 2.95. The smallest absolute Gasteiger partial charge is 0.335 e. The molecule has 0 aliphatic heterocycles. The molecular formula is C12H17NO3. The minimum Gasteiger partial charge on any atom is -0.335 e. The van der Waals surface area contributed by atoms with Crippen LogP contribution < -0.4 is 0 Å². The van der Waals surface area contributed by atoms with Crippen molar-refractivity contribution in [1.29, 1.82) is 0 Å². The molecule has 0 amide bonds. The minimum absolute atomic E-state index is 0.519. The molecule has 0 radical (unpaired) electrons. The van der Waals surface area contributed by atoms with Crippen molar-refractivity contribution in [3.8, 4) is 0 Å². The van der Waals surface area contributed by atoms with Gasteiger partial charge in [0.15, 0.2) is 0 Å². The van der Waals surface area contributed by atoms with Gasteiger partial charge in [0.05, 0.1) is 19.4 Å². The maximum Gasteiger partial charge on any atom is 0.339 e. The molecular weight excluding hydrogens is 206 g/mol. The molecule has 16 heavy (non-hydrogen) atoms. The summed E-state index contributed by atoms with van der Waals surface area (Å²) in [6, 6.07) is 9.68. The normalized spacial score (nSPS) is 11.2. The van der Waals surface area contributed by atoms with E-state index >= 15 is 0 Å². The van der Waals surface area contributed by atoms with Crippen LogP contribution in [0.2, 0.25) is 0 Å². The largest absolute Gasteiger partial charge is 0.339 e. The summed E-state index contributed by atoms with van der Waals surface area (Å²) in [5, 5.41) is 3.80. The molecule has 0 aliphatic carbocycles. The molecule has 1 rings (SSSR count). The van der Waals surface area contributed by atoms with Gasteiger partial charge in [-0.05, 0) is 19.4 Å². The van der Waals surface area contributed by atoms with Crippen LogP contribution in [0.25, 0.3) is 0 Å². The molecule has 0 unspecified atom stereocenters. The second kappa shape index (κ2) is 7.84. The van der Waals surface area contributed by atoms with Gasteiger partial charge in [0, 0.05) is 0 Å². The van der Waals surface area contributed by atoms with Crippen LogP contribution in [0.4, 0.5) is 0 Å². The van der Waals surface area contributed by atoms with Crippen molar-refractivity contribution >= 4 is 6.21 Å². The summed E-state index contributed by atoms with van der Waals surface area (Å²) in [6.45, 7) is 4.05. The van der Waals surface area contributed by atoms with Crippen LogP contribution in [-0.4, -0.2) is 25.9 Å². The molecule has 0 saturated carbocycles. The van der Waals surface area contributed by atoms with Crippen molar-refractivity contribution in [3.05, 3.63) is 35.9 Å². The zero-order valence-electron chi connectivity index (χ0n) is 9.63. The van der Waals surface area contributed by atoms with Crippen LogP contribution in [0.5, 0.6) is 0 Å². The third kappa shape index (κ3) is 4.91. The first-order chi connectivity index (χ1) is 7.86. The van der Waals surface area contributed by atoms with Gasteiger partial charge < -0.3 is 14.3 Å². The lowest BCUT2D eigenvalue weighted by Crippen LogP contribution is -2.18. The quantitative estimate of drug-likeness (QED) is 0.405. The van der Waals surface area contributed by atoms with Crippen LogP contribution in [0.3, 0.4) is 0 Å². The Hall–Kier alpha value is -1.39. The van der Waals surface area contributed by atoms with E-state index in [1.54, 1.807) is 6.21 Å². The Morgan fingerprint density at radius 1 is 1.12 bits per heavy atom. The van der Waals surface area contributed by atoms with E-state index in [9.17, 15) is 0 Å². The number of hydrogen-bond acceptors (Lipinski definition) is 4. The third-order valence-electron chi connectivity index (χ3n) is 1.75. The van der Waals surface area contributed by atoms with E-state index < -0.39 is 6.48 Å². The van der Waals surface area contributed by atoms with Crippen LogP contribution in [0.1, 0.15) is 19.4 Å². The van der Waals surface area contributed by atoms with E-state index in [0.717, 1.165) is 5.56 Å². The van der Waals surface area contributed by atoms with Crippen LogP contribution in [0, 0.1) is 0 Å². The maximum atomic E-state index is 5.16. The summed E-state index contributed by atoms with van der Waals surface area (Å²) >= 11 is 0. The van der Waals surface area contributed by atoms with Gasteiger partial charge in [-0.2, -0.15) is 0 Å². The average Bonchev–Trinajstić information content (AvgIpc) is 2.31. The monoisotopic (exact) mass is 223 g/mol. The molecule has 0 aliphatic rings. The molecule has 1 aromatic carbocycles. The van der Waals surface area contributed by atoms with Crippen molar-refractivity contribution in [3.63, 3.8) is 0 Å². The Labute approximate surface area is 95.8 Å². The van der Waals surface area contributed by atoms with Gasteiger partial charge in [-0.25, -0.2) is 0 Å². The number of nitrogens with zero attached hydrogens (tertiary/aromatic N) is 1. The molecule has 0 heterocycles. The SMILES string of the molecule is CCOC(OCC)ON=Cc1ccccc1. The maximum absolute atomic E-state index is 5.16. The number of oxime groups is 1. The Morgan fingerprint density at radius 2 is 1.75 bits per heavy atom. The van der Waals surface area contributed by atoms with E-state index in [4.69, 9.17) is 14.3 Å². The highest BCUT2D eigenvalue weighted by Crippen LogP contribution is 1.99. The summed E-state index contributed by atoms with van der Waals surface area (Å²) in [4.78, 5) is 5.05. The van der Waals surface area contributed by atoms with Gasteiger partial charge in [-0.15, -0.1) is 0 Å². The van der Waals surface area contributed by atoms with Gasteiger partial charge in [0.2, 0.25) is 0 Å². The van der Waals surface area contributed by atoms with Crippen molar-refractivity contribution in [2.45, 2.75) is 20.3 Å². The zero-order valence-corrected chi connectivity index (χ0v) is 9.63. The fraction of sp³-hybridized carbons (Fsp3) is 0.417. The number of rotatable bonds is 7. The van der Waals surface area contributed by atoms with Gasteiger partial charge in [0.1, 0.15) is 0 Å². The van der Waals surface area contributed by atoms with Gasteiger partial charge in [-0.1, -0.05) is 35.5 Å². The summed E-state index contributed by atoms with van der Waals surface area (Å²) in [7, 11) is 0. The van der Waals surface area contributed by atoms with Crippen molar-refractivity contribution in [2.24, 2.45) is 5.16 Å². The Morgan fingerprint density at radius 3 is 2.31 bits per heavy atom. The van der Waals surface area contributed by atoms with E-state index in [2.05, 4.69) is 5.16 Å². The predicted octanol–water partition coefficient (Wildman–Crippen LogP) is 2.39. The Balaban J connectivity index is 2.39. The molecule has 0 saturated heterocycles. The first kappa shape index (κ1) is 12.7. The lowest BCUT2D eigenvalue weighted by molar-refractivity contribution is -0.285. The van der Waals surface area contributed by atoms with Gasteiger partial charge >= 0.3 is 6.48 Å². The molecule has 0 fully saturated rings. The molecule has 4 nitrogen and oxygen atoms in total. The van der Waals surface area contributed by atoms with Crippen molar-refractivity contribution < 1.29 is 14.3 Å². The summed E-state index contributed by atoms with van der Waals surface area (Å²) in [6.07, 6.45) is 1.62. The second-order valence-corrected chi connectivity index (χ2v) is 2.95. The Kier molecular flexibility index (Phi) is 6.22. The number of hydrogen-bond donors (Lipinski definition) is 0. The summed E-state index contributed by atoms with van der Waals surface area (Å²) < 4.78 is 10.3. The fourth-order valence-electron chi connectivity index (χ4n) is 1.06. The summed E-state index contributed by atoms with van der Waals surface area (Å²) in [5.74, 6) is 0. The standard InChI is InChI=1S/C12H17NO3/c1-3-14-12(15-4-2)16-13-10-11-8-6-5-7-9-11/h5-10,12H,3-4H2,1-2H3. The molecule has 4 heteroatoms. The molecule has 0 aromatic heterocycles. The highest BCUT2D eigenvalue weighted by atomic mass is 16.9. The zero-order chi connectivity index (χ0) is 11.6. The topological polar surface area (TPSA) is 40.0 Å². The molecule has 1 aromatic rings. The van der Waals surface area contributed by atoms with E-state index in [0.29, 0.717) is 13.2 Å². The fourth-order valence-corrected chi connectivity index (χ4v) is 1.06. The van der Waals surface area contributed by atoms with Crippen LogP contribution in [0.15, 0.2) is 35.5 Å². The van der Waals surface area contributed by atoms with E-state index in [1.807, 2.05) is 44.2 Å². The molecule has 88 valence electrons. The predicted molar refractivity (Wildman–Crippen MR) is 62.2 cm³/mol. The molecule has 0 atom stereocenters. The molecule has 0 spiro atoms. The van der Waals surface area contributed by atoms with Gasteiger partial charge in [-0.3, -0.25) is 0 Å². The first-order valence-corrected chi connectivity index (χ1v) is 5.34. The summed E-state index contributed by atoms with van der Waals surface area (Å²) in [5.41, 5.74) is 0.967. The van der Waals surface area contributed by atoms with Crippen LogP contribution in [-0.2, 0) is 14.3 Å². The lowest BCUT2D eigenvalue weighted by Gasteiger charge is -2.13. The first-order valence-electron chi connectivity index (χ1n) is 5.34. The van der Waals surface area contributed by atoms with Gasteiger partial charge in [0.25, 0.3) is 0 Å². The van der Waals surface area contributed by atoms with Crippen molar-refractivity contribution in [1.82, 2.24) is 0 Å². The number of benzene rings is 1. The number of ether oxygens (including phenoxy) is 2. The lowest BCUT2D eigenvalue weighted by atomic mass is 10.2. The van der Waals surface area contributed by atoms with E-state index in [-0.39, 0.29) is 0 Å². The van der Waals surface area contributed by atoms with Crippen LogP contribution >= 0.6 is 0 Å². The highest BCUT2D eigenvalue weighted by Gasteiger charge is 2.06. The minimum atomic E-state index is -0.727. The Bertz CT molecular complexity index is 294. The average molecular weight is 223 g/mol. The molecule has 0 N–H and O–H groups in total. The third-order valence-corrected chi connectivity index (χ3v) is 1.75.